The van der Waals surface area contributed by atoms with Gasteiger partial charge >= 0.3 is 11.9 Å². The van der Waals surface area contributed by atoms with Crippen LogP contribution in [0.25, 0.3) is 0 Å². The van der Waals surface area contributed by atoms with Crippen LogP contribution in [0.4, 0.5) is 0 Å². The molecule has 0 radical (unpaired) electrons. The normalized spacial score (nSPS) is 12.9. The number of nitrogens with one attached hydrogen (secondary N) is 1. The van der Waals surface area contributed by atoms with Gasteiger partial charge in [-0.2, -0.15) is 0 Å². The van der Waals surface area contributed by atoms with Crippen LogP contribution in [0.15, 0.2) is 12.1 Å². The first-order chi connectivity index (χ1) is 11.7. The van der Waals surface area contributed by atoms with Gasteiger partial charge < -0.3 is 14.8 Å². The molecule has 0 aliphatic rings. The van der Waals surface area contributed by atoms with Crippen LogP contribution >= 0.6 is 34.8 Å². The summed E-state index contributed by atoms with van der Waals surface area (Å²) in [5.41, 5.74) is -0.130. The number of hydrogen-bond donors (Lipinski definition) is 1. The zero-order valence-corrected chi connectivity index (χ0v) is 16.2. The summed E-state index contributed by atoms with van der Waals surface area (Å²) in [5, 5.41) is 2.60. The van der Waals surface area contributed by atoms with Crippen LogP contribution in [-0.2, 0) is 19.1 Å². The van der Waals surface area contributed by atoms with Gasteiger partial charge in [0, 0.05) is 0 Å². The van der Waals surface area contributed by atoms with Crippen molar-refractivity contribution in [2.75, 3.05) is 13.7 Å². The van der Waals surface area contributed by atoms with Crippen molar-refractivity contribution in [2.45, 2.75) is 26.3 Å². The molecule has 1 amide bonds. The average molecular weight is 411 g/mol. The van der Waals surface area contributed by atoms with E-state index < -0.39 is 30.5 Å². The molecule has 9 heteroatoms. The Kier molecular flexibility index (Phi) is 8.48. The van der Waals surface area contributed by atoms with Gasteiger partial charge in [0.05, 0.1) is 27.7 Å². The fourth-order valence-electron chi connectivity index (χ4n) is 1.93. The third-order valence-corrected chi connectivity index (χ3v) is 4.69. The van der Waals surface area contributed by atoms with E-state index in [1.807, 2.05) is 6.92 Å². The number of carbonyl (C=O) groups excluding carboxylic acids is 3. The van der Waals surface area contributed by atoms with E-state index in [0.717, 1.165) is 0 Å². The molecule has 0 fully saturated rings. The lowest BCUT2D eigenvalue weighted by Gasteiger charge is -2.21. The van der Waals surface area contributed by atoms with E-state index in [0.29, 0.717) is 6.42 Å². The van der Waals surface area contributed by atoms with Gasteiger partial charge in [-0.1, -0.05) is 55.1 Å². The maximum absolute atomic E-state index is 12.1. The zero-order chi connectivity index (χ0) is 19.1. The van der Waals surface area contributed by atoms with Crippen LogP contribution in [0, 0.1) is 5.92 Å². The highest BCUT2D eigenvalue weighted by molar-refractivity contribution is 6.46. The summed E-state index contributed by atoms with van der Waals surface area (Å²) in [4.78, 5) is 35.8. The largest absolute Gasteiger partial charge is 0.467 e. The lowest BCUT2D eigenvalue weighted by molar-refractivity contribution is -0.147. The van der Waals surface area contributed by atoms with Crippen molar-refractivity contribution >= 4 is 52.6 Å². The van der Waals surface area contributed by atoms with E-state index in [1.165, 1.54) is 19.2 Å². The van der Waals surface area contributed by atoms with Crippen molar-refractivity contribution in [1.82, 2.24) is 5.32 Å². The van der Waals surface area contributed by atoms with Gasteiger partial charge in [0.25, 0.3) is 5.91 Å². The first-order valence-corrected chi connectivity index (χ1v) is 8.54. The monoisotopic (exact) mass is 409 g/mol. The molecule has 0 unspecified atom stereocenters. The summed E-state index contributed by atoms with van der Waals surface area (Å²) < 4.78 is 9.57. The molecule has 0 saturated heterocycles. The molecule has 1 aromatic carbocycles. The predicted octanol–water partition coefficient (Wildman–Crippen LogP) is 3.51. The fraction of sp³-hybridized carbons (Fsp3) is 0.438. The fourth-order valence-corrected chi connectivity index (χ4v) is 2.61. The lowest BCUT2D eigenvalue weighted by Crippen LogP contribution is -2.47. The summed E-state index contributed by atoms with van der Waals surface area (Å²) >= 11 is 17.7. The van der Waals surface area contributed by atoms with E-state index >= 15 is 0 Å². The van der Waals surface area contributed by atoms with Gasteiger partial charge in [-0.25, -0.2) is 9.59 Å². The van der Waals surface area contributed by atoms with Crippen molar-refractivity contribution in [3.63, 3.8) is 0 Å². The zero-order valence-electron chi connectivity index (χ0n) is 13.9. The standard InChI is InChI=1S/C16H18Cl3NO5/c1-4-8(2)14(16(23)24-3)20-11(21)7-25-15(22)12-9(17)5-6-10(18)13(12)19/h5-6,8,14H,4,7H2,1-3H3,(H,20,21)/t8-,14-/m0/s1. The Morgan fingerprint density at radius 3 is 2.32 bits per heavy atom. The summed E-state index contributed by atoms with van der Waals surface area (Å²) in [6, 6.07) is 1.99. The highest BCUT2D eigenvalue weighted by atomic mass is 35.5. The van der Waals surface area contributed by atoms with E-state index in [-0.39, 0.29) is 26.5 Å². The molecule has 138 valence electrons. The molecule has 1 rings (SSSR count). The van der Waals surface area contributed by atoms with E-state index in [4.69, 9.17) is 39.5 Å². The lowest BCUT2D eigenvalue weighted by atomic mass is 9.99. The average Bonchev–Trinajstić information content (AvgIpc) is 2.60. The molecule has 0 aliphatic carbocycles. The molecule has 25 heavy (non-hydrogen) atoms. The highest BCUT2D eigenvalue weighted by Gasteiger charge is 2.27. The quantitative estimate of drug-likeness (QED) is 0.549. The van der Waals surface area contributed by atoms with Crippen molar-refractivity contribution in [2.24, 2.45) is 5.92 Å². The van der Waals surface area contributed by atoms with Crippen molar-refractivity contribution < 1.29 is 23.9 Å². The second-order valence-corrected chi connectivity index (χ2v) is 6.44. The summed E-state index contributed by atoms with van der Waals surface area (Å²) in [7, 11) is 1.23. The van der Waals surface area contributed by atoms with Gasteiger partial charge in [0.2, 0.25) is 0 Å². The predicted molar refractivity (Wildman–Crippen MR) is 95.2 cm³/mol. The first kappa shape index (κ1) is 21.5. The van der Waals surface area contributed by atoms with Crippen molar-refractivity contribution in [3.05, 3.63) is 32.8 Å². The number of benzene rings is 1. The Morgan fingerprint density at radius 2 is 1.76 bits per heavy atom. The minimum Gasteiger partial charge on any atom is -0.467 e. The Labute approximate surface area is 160 Å². The Balaban J connectivity index is 2.74. The van der Waals surface area contributed by atoms with E-state index in [9.17, 15) is 14.4 Å². The smallest absolute Gasteiger partial charge is 0.341 e. The van der Waals surface area contributed by atoms with Crippen LogP contribution in [0.1, 0.15) is 30.6 Å². The number of esters is 2. The van der Waals surface area contributed by atoms with Gasteiger partial charge in [0.1, 0.15) is 6.04 Å². The van der Waals surface area contributed by atoms with E-state index in [1.54, 1.807) is 6.92 Å². The summed E-state index contributed by atoms with van der Waals surface area (Å²) in [6.45, 7) is 3.05. The third-order valence-electron chi connectivity index (χ3n) is 3.57. The highest BCUT2D eigenvalue weighted by Crippen LogP contribution is 2.31. The van der Waals surface area contributed by atoms with Crippen LogP contribution in [0.2, 0.25) is 15.1 Å². The third kappa shape index (κ3) is 5.76. The van der Waals surface area contributed by atoms with Gasteiger partial charge in [-0.3, -0.25) is 4.79 Å². The maximum Gasteiger partial charge on any atom is 0.341 e. The molecule has 0 bridgehead atoms. The number of rotatable bonds is 7. The maximum atomic E-state index is 12.1. The van der Waals surface area contributed by atoms with Crippen LogP contribution in [0.3, 0.4) is 0 Å². The number of methoxy groups -OCH3 is 1. The number of halogens is 3. The Morgan fingerprint density at radius 1 is 1.16 bits per heavy atom. The molecule has 1 aromatic rings. The molecule has 2 atom stereocenters. The molecule has 6 nitrogen and oxygen atoms in total. The van der Waals surface area contributed by atoms with Gasteiger partial charge in [-0.05, 0) is 18.1 Å². The van der Waals surface area contributed by atoms with Gasteiger partial charge in [0.15, 0.2) is 6.61 Å². The number of amides is 1. The number of carbonyl (C=O) groups is 3. The van der Waals surface area contributed by atoms with Crippen LogP contribution in [-0.4, -0.2) is 37.6 Å². The summed E-state index contributed by atoms with van der Waals surface area (Å²) in [6.07, 6.45) is 0.646. The molecular weight excluding hydrogens is 393 g/mol. The van der Waals surface area contributed by atoms with E-state index in [2.05, 4.69) is 10.1 Å². The molecule has 0 aromatic heterocycles. The number of ether oxygens (including phenoxy) is 2. The first-order valence-electron chi connectivity index (χ1n) is 7.40. The summed E-state index contributed by atoms with van der Waals surface area (Å²) in [5.74, 6) is -2.27. The molecule has 0 heterocycles. The molecular formula is C16H18Cl3NO5. The molecule has 1 N–H and O–H groups in total. The molecule has 0 saturated carbocycles. The minimum atomic E-state index is -0.897. The Hall–Kier alpha value is -1.50. The number of hydrogen-bond acceptors (Lipinski definition) is 5. The van der Waals surface area contributed by atoms with Gasteiger partial charge in [-0.15, -0.1) is 0 Å². The Bertz CT molecular complexity index is 665. The second kappa shape index (κ2) is 9.85. The minimum absolute atomic E-state index is 0.0480. The van der Waals surface area contributed by atoms with Crippen molar-refractivity contribution in [3.8, 4) is 0 Å². The topological polar surface area (TPSA) is 81.7 Å². The second-order valence-electron chi connectivity index (χ2n) is 5.25. The van der Waals surface area contributed by atoms with Crippen molar-refractivity contribution in [1.29, 1.82) is 0 Å². The molecule has 0 aliphatic heterocycles. The molecule has 0 spiro atoms. The van der Waals surface area contributed by atoms with Crippen LogP contribution in [0.5, 0.6) is 0 Å². The van der Waals surface area contributed by atoms with Crippen LogP contribution < -0.4 is 5.32 Å². The SMILES string of the molecule is CC[C@H](C)[C@H](NC(=O)COC(=O)c1c(Cl)ccc(Cl)c1Cl)C(=O)OC.